The van der Waals surface area contributed by atoms with E-state index in [0.717, 1.165) is 56.9 Å². The molecule has 210 valence electrons. The lowest BCUT2D eigenvalue weighted by Gasteiger charge is -2.35. The summed E-state index contributed by atoms with van der Waals surface area (Å²) >= 11 is 0. The number of ether oxygens (including phenoxy) is 1. The summed E-state index contributed by atoms with van der Waals surface area (Å²) in [4.78, 5) is 41.9. The van der Waals surface area contributed by atoms with Gasteiger partial charge in [-0.2, -0.15) is 0 Å². The Hall–Kier alpha value is -2.57. The Labute approximate surface area is 225 Å². The van der Waals surface area contributed by atoms with Crippen LogP contribution in [0.1, 0.15) is 111 Å². The molecule has 0 aliphatic rings. The molecule has 1 aromatic carbocycles. The molecule has 0 radical (unpaired) electrons. The first-order valence-electron chi connectivity index (χ1n) is 14.1. The van der Waals surface area contributed by atoms with Crippen molar-refractivity contribution in [3.8, 4) is 0 Å². The van der Waals surface area contributed by atoms with Gasteiger partial charge >= 0.3 is 6.09 Å². The Morgan fingerprint density at radius 2 is 1.49 bits per heavy atom. The first-order chi connectivity index (χ1) is 17.5. The third-order valence-corrected chi connectivity index (χ3v) is 6.15. The predicted octanol–water partition coefficient (Wildman–Crippen LogP) is 6.38. The second-order valence-electron chi connectivity index (χ2n) is 11.1. The van der Waals surface area contributed by atoms with Crippen molar-refractivity contribution in [1.82, 2.24) is 15.5 Å². The lowest BCUT2D eigenvalue weighted by Crippen LogP contribution is -2.55. The highest BCUT2D eigenvalue weighted by atomic mass is 16.6. The van der Waals surface area contributed by atoms with Crippen LogP contribution in [0.2, 0.25) is 0 Å². The number of unbranched alkanes of at least 4 members (excludes halogenated alkanes) is 6. The molecule has 0 spiro atoms. The van der Waals surface area contributed by atoms with Crippen molar-refractivity contribution in [2.45, 2.75) is 118 Å². The zero-order valence-electron chi connectivity index (χ0n) is 24.3. The smallest absolute Gasteiger partial charge is 0.408 e. The summed E-state index contributed by atoms with van der Waals surface area (Å²) in [7, 11) is 0. The molecule has 2 atom stereocenters. The van der Waals surface area contributed by atoms with Crippen LogP contribution in [0.5, 0.6) is 0 Å². The van der Waals surface area contributed by atoms with Gasteiger partial charge in [-0.25, -0.2) is 4.79 Å². The number of rotatable bonds is 16. The fraction of sp³-hybridized carbons (Fsp3) is 0.700. The molecule has 1 aromatic rings. The number of nitrogens with one attached hydrogen (secondary N) is 2. The molecule has 0 aliphatic carbocycles. The first-order valence-corrected chi connectivity index (χ1v) is 14.1. The van der Waals surface area contributed by atoms with E-state index in [-0.39, 0.29) is 17.7 Å². The lowest BCUT2D eigenvalue weighted by atomic mass is 9.98. The Kier molecular flexibility index (Phi) is 14.9. The molecule has 7 nitrogen and oxygen atoms in total. The minimum Gasteiger partial charge on any atom is -0.444 e. The number of amides is 3. The Balaban J connectivity index is 3.31. The summed E-state index contributed by atoms with van der Waals surface area (Å²) in [6.07, 6.45) is 7.47. The molecule has 0 aromatic heterocycles. The molecule has 0 saturated heterocycles. The van der Waals surface area contributed by atoms with E-state index < -0.39 is 23.8 Å². The van der Waals surface area contributed by atoms with Crippen molar-refractivity contribution in [3.63, 3.8) is 0 Å². The van der Waals surface area contributed by atoms with Crippen molar-refractivity contribution in [3.05, 3.63) is 35.9 Å². The molecule has 0 fully saturated rings. The van der Waals surface area contributed by atoms with Crippen LogP contribution in [-0.4, -0.2) is 47.5 Å². The van der Waals surface area contributed by atoms with Gasteiger partial charge in [-0.3, -0.25) is 9.59 Å². The van der Waals surface area contributed by atoms with E-state index in [4.69, 9.17) is 4.74 Å². The van der Waals surface area contributed by atoms with Gasteiger partial charge in [-0.05, 0) is 45.1 Å². The highest BCUT2D eigenvalue weighted by Gasteiger charge is 2.37. The lowest BCUT2D eigenvalue weighted by molar-refractivity contribution is -0.143. The van der Waals surface area contributed by atoms with Gasteiger partial charge < -0.3 is 20.3 Å². The molecule has 0 heterocycles. The Morgan fingerprint density at radius 1 is 0.892 bits per heavy atom. The Bertz CT molecular complexity index is 805. The van der Waals surface area contributed by atoms with E-state index in [1.54, 1.807) is 25.7 Å². The number of carbonyl (C=O) groups is 3. The minimum absolute atomic E-state index is 0.188. The topological polar surface area (TPSA) is 87.7 Å². The molecule has 0 bridgehead atoms. The average Bonchev–Trinajstić information content (AvgIpc) is 2.83. The zero-order valence-corrected chi connectivity index (χ0v) is 24.3. The molecule has 7 heteroatoms. The van der Waals surface area contributed by atoms with E-state index in [0.29, 0.717) is 13.1 Å². The van der Waals surface area contributed by atoms with Gasteiger partial charge in [0, 0.05) is 13.1 Å². The third kappa shape index (κ3) is 12.5. The molecule has 37 heavy (non-hydrogen) atoms. The molecular formula is C30H51N3O4. The van der Waals surface area contributed by atoms with Crippen LogP contribution < -0.4 is 10.6 Å². The summed E-state index contributed by atoms with van der Waals surface area (Å²) in [6, 6.07) is 7.86. The van der Waals surface area contributed by atoms with Crippen LogP contribution in [0, 0.1) is 5.92 Å². The quantitative estimate of drug-likeness (QED) is 0.249. The summed E-state index contributed by atoms with van der Waals surface area (Å²) < 4.78 is 5.44. The summed E-state index contributed by atoms with van der Waals surface area (Å²) in [6.45, 7) is 14.4. The van der Waals surface area contributed by atoms with E-state index in [1.165, 1.54) is 0 Å². The molecule has 0 saturated carbocycles. The largest absolute Gasteiger partial charge is 0.444 e. The van der Waals surface area contributed by atoms with Crippen LogP contribution in [0.4, 0.5) is 4.79 Å². The zero-order chi connectivity index (χ0) is 27.8. The number of hydrogen-bond acceptors (Lipinski definition) is 4. The van der Waals surface area contributed by atoms with E-state index in [2.05, 4.69) is 24.5 Å². The highest BCUT2D eigenvalue weighted by Crippen LogP contribution is 2.25. The second-order valence-corrected chi connectivity index (χ2v) is 11.1. The average molecular weight is 518 g/mol. The van der Waals surface area contributed by atoms with Gasteiger partial charge in [-0.1, -0.05) is 96.6 Å². The fourth-order valence-electron chi connectivity index (χ4n) is 4.17. The molecule has 0 aliphatic heterocycles. The molecular weight excluding hydrogens is 466 g/mol. The van der Waals surface area contributed by atoms with Gasteiger partial charge in [-0.15, -0.1) is 0 Å². The van der Waals surface area contributed by atoms with Crippen molar-refractivity contribution in [2.24, 2.45) is 5.92 Å². The third-order valence-electron chi connectivity index (χ3n) is 6.15. The normalized spacial score (nSPS) is 13.1. The van der Waals surface area contributed by atoms with E-state index in [1.807, 2.05) is 44.2 Å². The first kappa shape index (κ1) is 32.5. The summed E-state index contributed by atoms with van der Waals surface area (Å²) in [5.74, 6) is -0.649. The summed E-state index contributed by atoms with van der Waals surface area (Å²) in [5.41, 5.74) is 0.0793. The van der Waals surface area contributed by atoms with E-state index >= 15 is 0 Å². The van der Waals surface area contributed by atoms with Crippen molar-refractivity contribution >= 4 is 17.9 Å². The van der Waals surface area contributed by atoms with Crippen molar-refractivity contribution in [2.75, 3.05) is 13.1 Å². The van der Waals surface area contributed by atoms with Gasteiger partial charge in [0.1, 0.15) is 17.7 Å². The highest BCUT2D eigenvalue weighted by molar-refractivity contribution is 5.92. The maximum Gasteiger partial charge on any atom is 0.408 e. The van der Waals surface area contributed by atoms with Crippen molar-refractivity contribution in [1.29, 1.82) is 0 Å². The van der Waals surface area contributed by atoms with E-state index in [9.17, 15) is 14.4 Å². The van der Waals surface area contributed by atoms with Crippen LogP contribution >= 0.6 is 0 Å². The van der Waals surface area contributed by atoms with Crippen LogP contribution in [-0.2, 0) is 14.3 Å². The molecule has 1 rings (SSSR count). The second kappa shape index (κ2) is 17.0. The van der Waals surface area contributed by atoms with Crippen LogP contribution in [0.15, 0.2) is 30.3 Å². The molecule has 3 amide bonds. The minimum atomic E-state index is -0.815. The standard InChI is InChI=1S/C30H51N3O4/c1-8-10-12-13-18-22-33(28(35)25(23(3)4)32-29(36)37-30(5,6)7)26(24-19-15-14-16-20-24)27(34)31-21-17-11-9-2/h14-16,19-20,23,25-26H,8-13,17-18,21-22H2,1-7H3,(H,31,34)(H,32,36). The maximum absolute atomic E-state index is 14.1. The monoisotopic (exact) mass is 517 g/mol. The van der Waals surface area contributed by atoms with Crippen molar-refractivity contribution < 1.29 is 19.1 Å². The molecule has 2 N–H and O–H groups in total. The molecule has 2 unspecified atom stereocenters. The van der Waals surface area contributed by atoms with Crippen LogP contribution in [0.25, 0.3) is 0 Å². The predicted molar refractivity (Wildman–Crippen MR) is 150 cm³/mol. The fourth-order valence-corrected chi connectivity index (χ4v) is 4.17. The number of alkyl carbamates (subject to hydrolysis) is 1. The summed E-state index contributed by atoms with van der Waals surface area (Å²) in [5, 5.41) is 5.84. The Morgan fingerprint density at radius 3 is 2.05 bits per heavy atom. The van der Waals surface area contributed by atoms with Gasteiger partial charge in [0.05, 0.1) is 0 Å². The SMILES string of the molecule is CCCCCCCN(C(=O)C(NC(=O)OC(C)(C)C)C(C)C)C(C(=O)NCCCCC)c1ccccc1. The number of benzene rings is 1. The maximum atomic E-state index is 14.1. The van der Waals surface area contributed by atoms with Gasteiger partial charge in [0.15, 0.2) is 0 Å². The number of hydrogen-bond donors (Lipinski definition) is 2. The number of nitrogens with zero attached hydrogens (tertiary/aromatic N) is 1. The van der Waals surface area contributed by atoms with Gasteiger partial charge in [0.25, 0.3) is 0 Å². The van der Waals surface area contributed by atoms with Crippen LogP contribution in [0.3, 0.4) is 0 Å². The van der Waals surface area contributed by atoms with Gasteiger partial charge in [0.2, 0.25) is 11.8 Å². The number of carbonyl (C=O) groups excluding carboxylic acids is 3.